The number of carbonyl (C=O) groups is 2. The third-order valence-electron chi connectivity index (χ3n) is 5.00. The summed E-state index contributed by atoms with van der Waals surface area (Å²) >= 11 is 1.54. The van der Waals surface area contributed by atoms with Crippen molar-refractivity contribution in [1.29, 1.82) is 0 Å². The Morgan fingerprint density at radius 3 is 2.72 bits per heavy atom. The summed E-state index contributed by atoms with van der Waals surface area (Å²) in [6, 6.07) is 3.97. The molecule has 5 rings (SSSR count). The Kier molecular flexibility index (Phi) is 4.25. The second kappa shape index (κ2) is 6.55. The Bertz CT molecular complexity index is 791. The van der Waals surface area contributed by atoms with Gasteiger partial charge < -0.3 is 9.80 Å². The summed E-state index contributed by atoms with van der Waals surface area (Å²) < 4.78 is 0. The van der Waals surface area contributed by atoms with Gasteiger partial charge in [0, 0.05) is 42.9 Å². The Hall–Kier alpha value is -2.28. The van der Waals surface area contributed by atoms with Crippen molar-refractivity contribution in [1.82, 2.24) is 19.8 Å². The van der Waals surface area contributed by atoms with Gasteiger partial charge in [0.25, 0.3) is 11.8 Å². The van der Waals surface area contributed by atoms with Crippen molar-refractivity contribution in [3.05, 3.63) is 46.2 Å². The monoisotopic (exact) mass is 356 g/mol. The van der Waals surface area contributed by atoms with E-state index in [-0.39, 0.29) is 17.9 Å². The highest BCUT2D eigenvalue weighted by molar-refractivity contribution is 7.13. The fraction of sp³-hybridized carbons (Fsp3) is 0.444. The molecule has 2 aromatic rings. The van der Waals surface area contributed by atoms with E-state index in [1.807, 2.05) is 28.9 Å². The van der Waals surface area contributed by atoms with Crippen LogP contribution in [0.2, 0.25) is 0 Å². The predicted octanol–water partition coefficient (Wildman–Crippen LogP) is 2.22. The molecule has 25 heavy (non-hydrogen) atoms. The SMILES string of the molecule is Cc1ccc(C(=O)N2CC3CCC2CN(C(=O)c2cnccn2)C3)s1. The lowest BCUT2D eigenvalue weighted by molar-refractivity contribution is 0.0578. The largest absolute Gasteiger partial charge is 0.335 e. The summed E-state index contributed by atoms with van der Waals surface area (Å²) in [5.41, 5.74) is 0.371. The lowest BCUT2D eigenvalue weighted by Crippen LogP contribution is -2.47. The minimum Gasteiger partial charge on any atom is -0.335 e. The van der Waals surface area contributed by atoms with Gasteiger partial charge in [0.15, 0.2) is 0 Å². The number of thiophene rings is 1. The molecule has 0 radical (unpaired) electrons. The molecule has 2 bridgehead atoms. The van der Waals surface area contributed by atoms with E-state index in [2.05, 4.69) is 9.97 Å². The second-order valence-corrected chi connectivity index (χ2v) is 8.05. The zero-order valence-corrected chi connectivity index (χ0v) is 14.9. The highest BCUT2D eigenvalue weighted by Gasteiger charge is 2.39. The molecule has 2 amide bonds. The number of aromatic nitrogens is 2. The zero-order chi connectivity index (χ0) is 17.4. The highest BCUT2D eigenvalue weighted by Crippen LogP contribution is 2.31. The Balaban J connectivity index is 1.54. The first-order valence-electron chi connectivity index (χ1n) is 8.54. The van der Waals surface area contributed by atoms with Crippen LogP contribution in [0.15, 0.2) is 30.7 Å². The summed E-state index contributed by atoms with van der Waals surface area (Å²) in [7, 11) is 0. The van der Waals surface area contributed by atoms with E-state index in [0.29, 0.717) is 24.7 Å². The first-order valence-corrected chi connectivity index (χ1v) is 9.36. The Morgan fingerprint density at radius 2 is 2.00 bits per heavy atom. The van der Waals surface area contributed by atoms with Crippen LogP contribution in [-0.2, 0) is 0 Å². The molecule has 2 aromatic heterocycles. The topological polar surface area (TPSA) is 66.4 Å². The van der Waals surface area contributed by atoms with Gasteiger partial charge >= 0.3 is 0 Å². The summed E-state index contributed by atoms with van der Waals surface area (Å²) in [6.07, 6.45) is 6.61. The molecular formula is C18H20N4O2S. The van der Waals surface area contributed by atoms with Crippen LogP contribution in [0.5, 0.6) is 0 Å². The molecular weight excluding hydrogens is 336 g/mol. The van der Waals surface area contributed by atoms with Gasteiger partial charge in [-0.05, 0) is 37.8 Å². The summed E-state index contributed by atoms with van der Waals surface area (Å²) in [5.74, 6) is 0.331. The van der Waals surface area contributed by atoms with Gasteiger partial charge in [-0.2, -0.15) is 0 Å². The van der Waals surface area contributed by atoms with E-state index in [0.717, 1.165) is 29.1 Å². The molecule has 3 fully saturated rings. The fourth-order valence-electron chi connectivity index (χ4n) is 3.76. The number of aryl methyl sites for hydroxylation is 1. The van der Waals surface area contributed by atoms with Crippen molar-refractivity contribution in [2.75, 3.05) is 19.6 Å². The number of nitrogens with zero attached hydrogens (tertiary/aromatic N) is 4. The van der Waals surface area contributed by atoms with E-state index < -0.39 is 0 Å². The van der Waals surface area contributed by atoms with E-state index in [9.17, 15) is 9.59 Å². The third kappa shape index (κ3) is 3.16. The van der Waals surface area contributed by atoms with E-state index >= 15 is 0 Å². The van der Waals surface area contributed by atoms with Crippen molar-refractivity contribution >= 4 is 23.2 Å². The molecule has 3 saturated heterocycles. The van der Waals surface area contributed by atoms with Gasteiger partial charge in [-0.15, -0.1) is 11.3 Å². The molecule has 130 valence electrons. The third-order valence-corrected chi connectivity index (χ3v) is 5.98. The number of carbonyl (C=O) groups excluding carboxylic acids is 2. The van der Waals surface area contributed by atoms with Crippen LogP contribution in [0.1, 0.15) is 37.9 Å². The molecule has 0 aromatic carbocycles. The van der Waals surface area contributed by atoms with Gasteiger partial charge in [0.1, 0.15) is 5.69 Å². The molecule has 2 atom stereocenters. The number of piperidine rings is 1. The Labute approximate surface area is 150 Å². The second-order valence-electron chi connectivity index (χ2n) is 6.77. The number of hydrogen-bond donors (Lipinski definition) is 0. The van der Waals surface area contributed by atoms with Crippen molar-refractivity contribution < 1.29 is 9.59 Å². The molecule has 0 spiro atoms. The van der Waals surface area contributed by atoms with Crippen LogP contribution in [0.25, 0.3) is 0 Å². The molecule has 3 aliphatic heterocycles. The van der Waals surface area contributed by atoms with Gasteiger partial charge in [-0.25, -0.2) is 4.98 Å². The smallest absolute Gasteiger partial charge is 0.274 e. The molecule has 0 saturated carbocycles. The quantitative estimate of drug-likeness (QED) is 0.828. The van der Waals surface area contributed by atoms with Gasteiger partial charge in [-0.3, -0.25) is 14.6 Å². The highest BCUT2D eigenvalue weighted by atomic mass is 32.1. The molecule has 0 N–H and O–H groups in total. The van der Waals surface area contributed by atoms with E-state index in [1.165, 1.54) is 23.7 Å². The molecule has 2 unspecified atom stereocenters. The number of fused-ring (bicyclic) bond motifs is 4. The van der Waals surface area contributed by atoms with Gasteiger partial charge in [0.2, 0.25) is 0 Å². The first kappa shape index (κ1) is 16.2. The lowest BCUT2D eigenvalue weighted by atomic mass is 9.95. The summed E-state index contributed by atoms with van der Waals surface area (Å²) in [5, 5.41) is 0. The maximum atomic E-state index is 12.9. The van der Waals surface area contributed by atoms with Crippen molar-refractivity contribution in [3.63, 3.8) is 0 Å². The van der Waals surface area contributed by atoms with E-state index in [1.54, 1.807) is 6.20 Å². The van der Waals surface area contributed by atoms with Crippen LogP contribution >= 0.6 is 11.3 Å². The van der Waals surface area contributed by atoms with Gasteiger partial charge in [-0.1, -0.05) is 0 Å². The molecule has 6 nitrogen and oxygen atoms in total. The van der Waals surface area contributed by atoms with Gasteiger partial charge in [0.05, 0.1) is 11.1 Å². The van der Waals surface area contributed by atoms with Crippen LogP contribution in [0.3, 0.4) is 0 Å². The number of rotatable bonds is 2. The average Bonchev–Trinajstić information content (AvgIpc) is 2.88. The molecule has 3 aliphatic rings. The van der Waals surface area contributed by atoms with Crippen LogP contribution < -0.4 is 0 Å². The molecule has 7 heteroatoms. The number of hydrogen-bond acceptors (Lipinski definition) is 5. The minimum absolute atomic E-state index is 0.0780. The van der Waals surface area contributed by atoms with Crippen molar-refractivity contribution in [3.8, 4) is 0 Å². The predicted molar refractivity (Wildman–Crippen MR) is 94.5 cm³/mol. The normalized spacial score (nSPS) is 22.8. The minimum atomic E-state index is -0.0914. The maximum absolute atomic E-state index is 12.9. The van der Waals surface area contributed by atoms with E-state index in [4.69, 9.17) is 0 Å². The standard InChI is InChI=1S/C18H20N4O2S/c1-12-2-5-16(25-12)18(24)22-10-13-3-4-14(22)11-21(9-13)17(23)15-8-19-6-7-20-15/h2,5-8,13-14H,3-4,9-11H2,1H3. The Morgan fingerprint density at radius 1 is 1.12 bits per heavy atom. The fourth-order valence-corrected chi connectivity index (χ4v) is 4.58. The van der Waals surface area contributed by atoms with Crippen LogP contribution in [-0.4, -0.2) is 57.3 Å². The summed E-state index contributed by atoms with van der Waals surface area (Å²) in [6.45, 7) is 3.99. The summed E-state index contributed by atoms with van der Waals surface area (Å²) in [4.78, 5) is 39.5. The van der Waals surface area contributed by atoms with Crippen LogP contribution in [0, 0.1) is 12.8 Å². The average molecular weight is 356 g/mol. The lowest BCUT2D eigenvalue weighted by Gasteiger charge is -2.35. The molecule has 5 heterocycles. The number of amides is 2. The maximum Gasteiger partial charge on any atom is 0.274 e. The van der Waals surface area contributed by atoms with Crippen molar-refractivity contribution in [2.45, 2.75) is 25.8 Å². The molecule has 0 aliphatic carbocycles. The first-order chi connectivity index (χ1) is 12.1. The van der Waals surface area contributed by atoms with Crippen molar-refractivity contribution in [2.24, 2.45) is 5.92 Å². The zero-order valence-electron chi connectivity index (χ0n) is 14.1. The van der Waals surface area contributed by atoms with Crippen LogP contribution in [0.4, 0.5) is 0 Å².